The summed E-state index contributed by atoms with van der Waals surface area (Å²) < 4.78 is 6.00. The number of nitrogens with one attached hydrogen (secondary N) is 1. The van der Waals surface area contributed by atoms with Crippen molar-refractivity contribution in [1.82, 2.24) is 15.1 Å². The molecule has 1 unspecified atom stereocenters. The van der Waals surface area contributed by atoms with E-state index >= 15 is 0 Å². The van der Waals surface area contributed by atoms with Gasteiger partial charge in [-0.2, -0.15) is 0 Å². The topological polar surface area (TPSA) is 67.3 Å². The maximum absolute atomic E-state index is 12.4. The second-order valence-electron chi connectivity index (χ2n) is 5.52. The first-order chi connectivity index (χ1) is 11.7. The number of aromatic nitrogens is 2. The molecule has 1 aromatic carbocycles. The molecule has 3 rings (SSSR count). The van der Waals surface area contributed by atoms with Gasteiger partial charge in [0, 0.05) is 24.8 Å². The molecule has 128 valence electrons. The van der Waals surface area contributed by atoms with Gasteiger partial charge in [-0.25, -0.2) is 0 Å². The van der Waals surface area contributed by atoms with Gasteiger partial charge in [0.2, 0.25) is 11.0 Å². The molecular formula is C16H20N4O2S2. The summed E-state index contributed by atoms with van der Waals surface area (Å²) in [7, 11) is 1.64. The smallest absolute Gasteiger partial charge is 0.235 e. The molecular weight excluding hydrogens is 344 g/mol. The van der Waals surface area contributed by atoms with Crippen LogP contribution in [0.4, 0.5) is 10.8 Å². The van der Waals surface area contributed by atoms with Crippen molar-refractivity contribution in [1.29, 1.82) is 0 Å². The Bertz CT molecular complexity index is 701. The average molecular weight is 364 g/mol. The maximum atomic E-state index is 12.4. The molecule has 2 heterocycles. The van der Waals surface area contributed by atoms with Gasteiger partial charge < -0.3 is 15.0 Å². The van der Waals surface area contributed by atoms with Crippen molar-refractivity contribution in [3.8, 4) is 5.75 Å². The Hall–Kier alpha value is -1.80. The van der Waals surface area contributed by atoms with Crippen molar-refractivity contribution in [2.75, 3.05) is 25.5 Å². The summed E-state index contributed by atoms with van der Waals surface area (Å²) in [6.07, 6.45) is 2.22. The molecule has 0 radical (unpaired) electrons. The third-order valence-corrected chi connectivity index (χ3v) is 5.78. The van der Waals surface area contributed by atoms with Crippen molar-refractivity contribution in [3.63, 3.8) is 0 Å². The second-order valence-corrected chi connectivity index (χ2v) is 8.09. The van der Waals surface area contributed by atoms with Crippen LogP contribution in [0.2, 0.25) is 0 Å². The van der Waals surface area contributed by atoms with Crippen LogP contribution in [-0.2, 0) is 4.79 Å². The number of nitrogens with zero attached hydrogens (tertiary/aromatic N) is 3. The summed E-state index contributed by atoms with van der Waals surface area (Å²) in [6, 6.07) is 7.64. The molecule has 24 heavy (non-hydrogen) atoms. The van der Waals surface area contributed by atoms with E-state index in [2.05, 4.69) is 15.5 Å². The zero-order chi connectivity index (χ0) is 16.9. The number of hydrogen-bond donors (Lipinski definition) is 1. The van der Waals surface area contributed by atoms with Crippen molar-refractivity contribution >= 4 is 39.8 Å². The zero-order valence-electron chi connectivity index (χ0n) is 13.7. The van der Waals surface area contributed by atoms with Crippen LogP contribution in [0, 0.1) is 0 Å². The predicted octanol–water partition coefficient (Wildman–Crippen LogP) is 3.39. The van der Waals surface area contributed by atoms with E-state index in [1.165, 1.54) is 23.1 Å². The first-order valence-corrected chi connectivity index (χ1v) is 9.55. The SMILES string of the molecule is COc1cccc(Nc2nnc(SC(C)C(=O)N3CCCC3)s2)c1. The number of carbonyl (C=O) groups excluding carboxylic acids is 1. The highest BCUT2D eigenvalue weighted by atomic mass is 32.2. The van der Waals surface area contributed by atoms with Gasteiger partial charge in [-0.3, -0.25) is 4.79 Å². The van der Waals surface area contributed by atoms with Crippen molar-refractivity contribution in [2.24, 2.45) is 0 Å². The fourth-order valence-corrected chi connectivity index (χ4v) is 4.53. The zero-order valence-corrected chi connectivity index (χ0v) is 15.3. The summed E-state index contributed by atoms with van der Waals surface area (Å²) in [5, 5.41) is 12.1. The van der Waals surface area contributed by atoms with Gasteiger partial charge >= 0.3 is 0 Å². The monoisotopic (exact) mass is 364 g/mol. The quantitative estimate of drug-likeness (QED) is 0.793. The van der Waals surface area contributed by atoms with E-state index in [9.17, 15) is 4.79 Å². The highest BCUT2D eigenvalue weighted by Gasteiger charge is 2.25. The number of rotatable bonds is 6. The molecule has 1 atom stereocenters. The fourth-order valence-electron chi connectivity index (χ4n) is 2.53. The molecule has 0 saturated carbocycles. The maximum Gasteiger partial charge on any atom is 0.235 e. The van der Waals surface area contributed by atoms with Crippen LogP contribution < -0.4 is 10.1 Å². The van der Waals surface area contributed by atoms with Crippen LogP contribution in [0.1, 0.15) is 19.8 Å². The number of methoxy groups -OCH3 is 1. The number of carbonyl (C=O) groups is 1. The summed E-state index contributed by atoms with van der Waals surface area (Å²) in [5.74, 6) is 0.971. The Morgan fingerprint density at radius 1 is 1.38 bits per heavy atom. The number of thioether (sulfide) groups is 1. The summed E-state index contributed by atoms with van der Waals surface area (Å²) >= 11 is 2.91. The lowest BCUT2D eigenvalue weighted by atomic mass is 10.3. The molecule has 1 aromatic heterocycles. The molecule has 6 nitrogen and oxygen atoms in total. The van der Waals surface area contributed by atoms with Gasteiger partial charge in [-0.15, -0.1) is 10.2 Å². The van der Waals surface area contributed by atoms with E-state index in [1.54, 1.807) is 7.11 Å². The highest BCUT2D eigenvalue weighted by molar-refractivity contribution is 8.02. The third kappa shape index (κ3) is 4.18. The van der Waals surface area contributed by atoms with Crippen LogP contribution in [0.25, 0.3) is 0 Å². The van der Waals surface area contributed by atoms with Crippen molar-refractivity contribution < 1.29 is 9.53 Å². The van der Waals surface area contributed by atoms with E-state index in [1.807, 2.05) is 36.1 Å². The Morgan fingerprint density at radius 3 is 2.92 bits per heavy atom. The molecule has 1 aliphatic heterocycles. The van der Waals surface area contributed by atoms with Gasteiger partial charge in [0.1, 0.15) is 5.75 Å². The van der Waals surface area contributed by atoms with Crippen LogP contribution in [-0.4, -0.2) is 46.5 Å². The van der Waals surface area contributed by atoms with Gasteiger partial charge in [0.15, 0.2) is 4.34 Å². The highest BCUT2D eigenvalue weighted by Crippen LogP contribution is 2.32. The molecule has 1 N–H and O–H groups in total. The van der Waals surface area contributed by atoms with Crippen LogP contribution in [0.3, 0.4) is 0 Å². The summed E-state index contributed by atoms with van der Waals surface area (Å²) in [4.78, 5) is 14.3. The molecule has 0 bridgehead atoms. The minimum Gasteiger partial charge on any atom is -0.497 e. The second kappa shape index (κ2) is 7.85. The van der Waals surface area contributed by atoms with E-state index < -0.39 is 0 Å². The van der Waals surface area contributed by atoms with Crippen LogP contribution in [0.15, 0.2) is 28.6 Å². The van der Waals surface area contributed by atoms with E-state index in [0.717, 1.165) is 41.7 Å². The lowest BCUT2D eigenvalue weighted by Crippen LogP contribution is -2.33. The Morgan fingerprint density at radius 2 is 2.17 bits per heavy atom. The standard InChI is InChI=1S/C16H20N4O2S2/c1-11(14(21)20-8-3-4-9-20)23-16-19-18-15(24-16)17-12-6-5-7-13(10-12)22-2/h5-7,10-11H,3-4,8-9H2,1-2H3,(H,17,18). The first kappa shape index (κ1) is 17.0. The van der Waals surface area contributed by atoms with Crippen LogP contribution >= 0.6 is 23.1 Å². The van der Waals surface area contributed by atoms with Gasteiger partial charge in [0.25, 0.3) is 0 Å². The summed E-state index contributed by atoms with van der Waals surface area (Å²) in [5.41, 5.74) is 0.892. The molecule has 1 fully saturated rings. The Kier molecular flexibility index (Phi) is 5.57. The number of amides is 1. The number of anilines is 2. The number of hydrogen-bond acceptors (Lipinski definition) is 7. The van der Waals surface area contributed by atoms with Crippen molar-refractivity contribution in [2.45, 2.75) is 29.4 Å². The van der Waals surface area contributed by atoms with E-state index in [4.69, 9.17) is 4.74 Å². The fraction of sp³-hybridized carbons (Fsp3) is 0.438. The minimum absolute atomic E-state index is 0.138. The van der Waals surface area contributed by atoms with Crippen molar-refractivity contribution in [3.05, 3.63) is 24.3 Å². The summed E-state index contributed by atoms with van der Waals surface area (Å²) in [6.45, 7) is 3.69. The predicted molar refractivity (Wildman–Crippen MR) is 97.3 cm³/mol. The number of ether oxygens (including phenoxy) is 1. The molecule has 8 heteroatoms. The minimum atomic E-state index is -0.138. The lowest BCUT2D eigenvalue weighted by Gasteiger charge is -2.18. The third-order valence-electron chi connectivity index (χ3n) is 3.77. The number of benzene rings is 1. The average Bonchev–Trinajstić information content (AvgIpc) is 3.26. The van der Waals surface area contributed by atoms with Crippen LogP contribution in [0.5, 0.6) is 5.75 Å². The van der Waals surface area contributed by atoms with E-state index in [-0.39, 0.29) is 11.2 Å². The molecule has 0 aliphatic carbocycles. The molecule has 1 saturated heterocycles. The molecule has 2 aromatic rings. The lowest BCUT2D eigenvalue weighted by molar-refractivity contribution is -0.129. The number of likely N-dealkylation sites (tertiary alicyclic amines) is 1. The normalized spacial score (nSPS) is 15.3. The Balaban J connectivity index is 1.59. The molecule has 1 aliphatic rings. The van der Waals surface area contributed by atoms with Gasteiger partial charge in [-0.1, -0.05) is 29.2 Å². The molecule has 0 spiro atoms. The van der Waals surface area contributed by atoms with Gasteiger partial charge in [0.05, 0.1) is 12.4 Å². The first-order valence-electron chi connectivity index (χ1n) is 7.86. The largest absolute Gasteiger partial charge is 0.497 e. The Labute approximate surface area is 149 Å². The molecule has 1 amide bonds. The van der Waals surface area contributed by atoms with Gasteiger partial charge in [-0.05, 0) is 31.9 Å². The van der Waals surface area contributed by atoms with E-state index in [0.29, 0.717) is 5.13 Å².